The predicted molar refractivity (Wildman–Crippen MR) is 78.8 cm³/mol. The normalized spacial score (nSPS) is 25.5. The van der Waals surface area contributed by atoms with Crippen LogP contribution in [0.5, 0.6) is 0 Å². The summed E-state index contributed by atoms with van der Waals surface area (Å²) in [5.74, 6) is -0.954. The molecule has 0 amide bonds. The highest BCUT2D eigenvalue weighted by atomic mass is 16.4. The van der Waals surface area contributed by atoms with Crippen molar-refractivity contribution in [3.05, 3.63) is 22.4 Å². The SMILES string of the molecule is O=C(O)[C@H]1CC[C@@H]1c1nc2c(cnn2C2CCCC2)c(=O)[nH]1. The lowest BCUT2D eigenvalue weighted by molar-refractivity contribution is -0.145. The number of nitrogens with zero attached hydrogens (tertiary/aromatic N) is 3. The van der Waals surface area contributed by atoms with E-state index < -0.39 is 11.9 Å². The Hall–Kier alpha value is -2.18. The first-order valence-corrected chi connectivity index (χ1v) is 7.85. The highest BCUT2D eigenvalue weighted by Crippen LogP contribution is 2.41. The molecule has 22 heavy (non-hydrogen) atoms. The molecule has 2 fully saturated rings. The number of aromatic nitrogens is 4. The Morgan fingerprint density at radius 3 is 2.68 bits per heavy atom. The minimum absolute atomic E-state index is 0.193. The van der Waals surface area contributed by atoms with Crippen LogP contribution in [0, 0.1) is 5.92 Å². The largest absolute Gasteiger partial charge is 0.481 e. The molecule has 7 heteroatoms. The average Bonchev–Trinajstić information content (AvgIpc) is 3.04. The average molecular weight is 302 g/mol. The van der Waals surface area contributed by atoms with E-state index in [0.29, 0.717) is 29.3 Å². The van der Waals surface area contributed by atoms with Crippen LogP contribution in [0.15, 0.2) is 11.0 Å². The number of nitrogens with one attached hydrogen (secondary N) is 1. The Bertz CT molecular complexity index is 788. The summed E-state index contributed by atoms with van der Waals surface area (Å²) in [6, 6.07) is 0.302. The molecule has 0 unspecified atom stereocenters. The molecule has 2 aromatic rings. The maximum absolute atomic E-state index is 12.3. The van der Waals surface area contributed by atoms with Gasteiger partial charge in [-0.1, -0.05) is 12.8 Å². The lowest BCUT2D eigenvalue weighted by Gasteiger charge is -2.32. The van der Waals surface area contributed by atoms with Crippen molar-refractivity contribution < 1.29 is 9.90 Å². The van der Waals surface area contributed by atoms with Crippen molar-refractivity contribution >= 4 is 17.0 Å². The van der Waals surface area contributed by atoms with Crippen molar-refractivity contribution in [1.29, 1.82) is 0 Å². The van der Waals surface area contributed by atoms with Gasteiger partial charge in [0.2, 0.25) is 0 Å². The third-order valence-electron chi connectivity index (χ3n) is 5.10. The Kier molecular flexibility index (Phi) is 3.02. The first kappa shape index (κ1) is 13.5. The van der Waals surface area contributed by atoms with Crippen LogP contribution in [0.2, 0.25) is 0 Å². The second kappa shape index (κ2) is 4.93. The second-order valence-electron chi connectivity index (χ2n) is 6.34. The van der Waals surface area contributed by atoms with Gasteiger partial charge in [-0.2, -0.15) is 5.10 Å². The monoisotopic (exact) mass is 302 g/mol. The van der Waals surface area contributed by atoms with E-state index >= 15 is 0 Å². The highest BCUT2D eigenvalue weighted by molar-refractivity contribution is 5.74. The molecule has 0 saturated heterocycles. The molecule has 0 spiro atoms. The molecule has 2 atom stereocenters. The minimum Gasteiger partial charge on any atom is -0.481 e. The van der Waals surface area contributed by atoms with E-state index in [9.17, 15) is 14.7 Å². The third-order valence-corrected chi connectivity index (χ3v) is 5.10. The number of hydrogen-bond acceptors (Lipinski definition) is 4. The molecule has 2 aliphatic carbocycles. The number of H-pyrrole nitrogens is 1. The van der Waals surface area contributed by atoms with Crippen LogP contribution >= 0.6 is 0 Å². The molecule has 2 N–H and O–H groups in total. The molecular weight excluding hydrogens is 284 g/mol. The fraction of sp³-hybridized carbons (Fsp3) is 0.600. The molecule has 0 bridgehead atoms. The molecule has 0 aromatic carbocycles. The zero-order valence-electron chi connectivity index (χ0n) is 12.2. The molecule has 0 aliphatic heterocycles. The number of hydrogen-bond donors (Lipinski definition) is 2. The van der Waals surface area contributed by atoms with E-state index in [2.05, 4.69) is 15.1 Å². The van der Waals surface area contributed by atoms with Gasteiger partial charge in [-0.25, -0.2) is 9.67 Å². The van der Waals surface area contributed by atoms with Gasteiger partial charge in [0.15, 0.2) is 5.65 Å². The zero-order valence-corrected chi connectivity index (χ0v) is 12.2. The van der Waals surface area contributed by atoms with E-state index in [1.807, 2.05) is 4.68 Å². The van der Waals surface area contributed by atoms with Crippen LogP contribution in [0.4, 0.5) is 0 Å². The number of aromatic amines is 1. The van der Waals surface area contributed by atoms with E-state index in [1.54, 1.807) is 6.20 Å². The maximum Gasteiger partial charge on any atom is 0.307 e. The van der Waals surface area contributed by atoms with Gasteiger partial charge in [0.1, 0.15) is 11.2 Å². The molecular formula is C15H18N4O3. The van der Waals surface area contributed by atoms with E-state index in [4.69, 9.17) is 0 Å². The summed E-state index contributed by atoms with van der Waals surface area (Å²) < 4.78 is 1.86. The highest BCUT2D eigenvalue weighted by Gasteiger charge is 2.39. The summed E-state index contributed by atoms with van der Waals surface area (Å²) in [4.78, 5) is 30.8. The van der Waals surface area contributed by atoms with E-state index in [-0.39, 0.29) is 11.5 Å². The van der Waals surface area contributed by atoms with E-state index in [1.165, 1.54) is 12.8 Å². The summed E-state index contributed by atoms with van der Waals surface area (Å²) >= 11 is 0. The van der Waals surface area contributed by atoms with Crippen LogP contribution in [-0.4, -0.2) is 30.8 Å². The second-order valence-corrected chi connectivity index (χ2v) is 6.34. The van der Waals surface area contributed by atoms with Crippen molar-refractivity contribution in [2.45, 2.75) is 50.5 Å². The van der Waals surface area contributed by atoms with Gasteiger partial charge in [-0.15, -0.1) is 0 Å². The predicted octanol–water partition coefficient (Wildman–Crippen LogP) is 1.81. The summed E-state index contributed by atoms with van der Waals surface area (Å²) in [7, 11) is 0. The Balaban J connectivity index is 1.79. The molecule has 2 heterocycles. The van der Waals surface area contributed by atoms with Gasteiger partial charge in [-0.3, -0.25) is 9.59 Å². The molecule has 2 aromatic heterocycles. The fourth-order valence-corrected chi connectivity index (χ4v) is 3.67. The standard InChI is InChI=1S/C15H18N4O3/c20-14-11-7-16-19(8-3-1-2-4-8)13(11)17-12(18-14)9-5-6-10(9)15(21)22/h7-10H,1-6H2,(H,21,22)(H,17,18,20)/t9-,10-/m0/s1. The lowest BCUT2D eigenvalue weighted by Crippen LogP contribution is -2.33. The third kappa shape index (κ3) is 1.95. The van der Waals surface area contributed by atoms with Crippen molar-refractivity contribution in [3.8, 4) is 0 Å². The Morgan fingerprint density at radius 2 is 2.05 bits per heavy atom. The van der Waals surface area contributed by atoms with Crippen LogP contribution < -0.4 is 5.56 Å². The summed E-state index contributed by atoms with van der Waals surface area (Å²) in [5.41, 5.74) is 0.377. The van der Waals surface area contributed by atoms with E-state index in [0.717, 1.165) is 19.3 Å². The topological polar surface area (TPSA) is 101 Å². The fourth-order valence-electron chi connectivity index (χ4n) is 3.67. The summed E-state index contributed by atoms with van der Waals surface area (Å²) in [6.45, 7) is 0. The van der Waals surface area contributed by atoms with Gasteiger partial charge >= 0.3 is 5.97 Å². The molecule has 0 radical (unpaired) electrons. The number of carbonyl (C=O) groups is 1. The summed E-state index contributed by atoms with van der Waals surface area (Å²) in [6.07, 6.45) is 7.42. The molecule has 4 rings (SSSR count). The zero-order chi connectivity index (χ0) is 15.3. The summed E-state index contributed by atoms with van der Waals surface area (Å²) in [5, 5.41) is 14.0. The van der Waals surface area contributed by atoms with Gasteiger partial charge in [0, 0.05) is 5.92 Å². The number of carboxylic acid groups (broad SMARTS) is 1. The quantitative estimate of drug-likeness (QED) is 0.900. The number of aliphatic carboxylic acids is 1. The number of rotatable bonds is 3. The Morgan fingerprint density at radius 1 is 1.27 bits per heavy atom. The molecule has 116 valence electrons. The number of fused-ring (bicyclic) bond motifs is 1. The number of carboxylic acids is 1. The van der Waals surface area contributed by atoms with Crippen LogP contribution in [0.25, 0.3) is 11.0 Å². The lowest BCUT2D eigenvalue weighted by atomic mass is 9.73. The van der Waals surface area contributed by atoms with Crippen LogP contribution in [0.1, 0.15) is 56.3 Å². The van der Waals surface area contributed by atoms with Crippen LogP contribution in [-0.2, 0) is 4.79 Å². The Labute approximate surface area is 126 Å². The van der Waals surface area contributed by atoms with Crippen molar-refractivity contribution in [3.63, 3.8) is 0 Å². The maximum atomic E-state index is 12.3. The van der Waals surface area contributed by atoms with Crippen molar-refractivity contribution in [2.24, 2.45) is 5.92 Å². The van der Waals surface area contributed by atoms with Crippen molar-refractivity contribution in [2.75, 3.05) is 0 Å². The smallest absolute Gasteiger partial charge is 0.307 e. The van der Waals surface area contributed by atoms with Gasteiger partial charge < -0.3 is 10.1 Å². The van der Waals surface area contributed by atoms with Gasteiger partial charge in [0.25, 0.3) is 5.56 Å². The van der Waals surface area contributed by atoms with Crippen molar-refractivity contribution in [1.82, 2.24) is 19.7 Å². The first-order chi connectivity index (χ1) is 10.6. The first-order valence-electron chi connectivity index (χ1n) is 7.85. The molecule has 2 aliphatic rings. The van der Waals surface area contributed by atoms with Crippen LogP contribution in [0.3, 0.4) is 0 Å². The van der Waals surface area contributed by atoms with Gasteiger partial charge in [0.05, 0.1) is 18.2 Å². The minimum atomic E-state index is -0.816. The molecule has 7 nitrogen and oxygen atoms in total. The van der Waals surface area contributed by atoms with Gasteiger partial charge in [-0.05, 0) is 25.7 Å². The molecule has 2 saturated carbocycles.